The molecule has 0 aliphatic carbocycles. The summed E-state index contributed by atoms with van der Waals surface area (Å²) < 4.78 is 7.55. The summed E-state index contributed by atoms with van der Waals surface area (Å²) in [7, 11) is 2.05. The molecule has 4 aromatic rings. The molecule has 3 aromatic carbocycles. The van der Waals surface area contributed by atoms with E-state index >= 15 is 0 Å². The van der Waals surface area contributed by atoms with Gasteiger partial charge in [0.05, 0.1) is 17.7 Å². The molecule has 0 amide bonds. The maximum absolute atomic E-state index is 12.8. The number of ether oxygens (including phenoxy) is 1. The number of aryl methyl sites for hydroxylation is 2. The number of carbonyl (C=O) groups is 1. The van der Waals surface area contributed by atoms with Gasteiger partial charge >= 0.3 is 5.97 Å². The first-order chi connectivity index (χ1) is 12.6. The van der Waals surface area contributed by atoms with Crippen LogP contribution in [0.4, 0.5) is 0 Å². The van der Waals surface area contributed by atoms with Crippen LogP contribution in [0.3, 0.4) is 0 Å². The third-order valence-corrected chi connectivity index (χ3v) is 5.00. The van der Waals surface area contributed by atoms with E-state index in [0.29, 0.717) is 12.2 Å². The zero-order chi connectivity index (χ0) is 18.3. The van der Waals surface area contributed by atoms with E-state index in [-0.39, 0.29) is 5.97 Å². The van der Waals surface area contributed by atoms with Gasteiger partial charge in [-0.25, -0.2) is 4.79 Å². The average Bonchev–Trinajstić information content (AvgIpc) is 2.95. The maximum Gasteiger partial charge on any atom is 0.339 e. The minimum atomic E-state index is -0.268. The summed E-state index contributed by atoms with van der Waals surface area (Å²) in [5, 5.41) is 2.35. The second kappa shape index (κ2) is 6.34. The number of benzene rings is 3. The minimum absolute atomic E-state index is 0.268. The normalized spacial score (nSPS) is 11.2. The second-order valence-electron chi connectivity index (χ2n) is 6.48. The first-order valence-electron chi connectivity index (χ1n) is 8.86. The number of rotatable bonds is 3. The molecule has 0 saturated heterocycles. The van der Waals surface area contributed by atoms with Gasteiger partial charge in [0.1, 0.15) is 0 Å². The third-order valence-electron chi connectivity index (χ3n) is 5.00. The lowest BCUT2D eigenvalue weighted by atomic mass is 9.93. The van der Waals surface area contributed by atoms with E-state index in [1.807, 2.05) is 50.2 Å². The largest absolute Gasteiger partial charge is 0.462 e. The monoisotopic (exact) mass is 343 g/mol. The fourth-order valence-electron chi connectivity index (χ4n) is 3.87. The van der Waals surface area contributed by atoms with Crippen LogP contribution in [0.5, 0.6) is 0 Å². The molecular weight excluding hydrogens is 322 g/mol. The highest BCUT2D eigenvalue weighted by molar-refractivity contribution is 6.14. The molecule has 0 saturated carbocycles. The van der Waals surface area contributed by atoms with E-state index in [4.69, 9.17) is 4.74 Å². The highest BCUT2D eigenvalue weighted by atomic mass is 16.5. The topological polar surface area (TPSA) is 31.2 Å². The molecule has 0 N–H and O–H groups in total. The van der Waals surface area contributed by atoms with E-state index < -0.39 is 0 Å². The zero-order valence-electron chi connectivity index (χ0n) is 15.2. The van der Waals surface area contributed by atoms with Crippen molar-refractivity contribution in [2.75, 3.05) is 6.61 Å². The highest BCUT2D eigenvalue weighted by Gasteiger charge is 2.22. The minimum Gasteiger partial charge on any atom is -0.462 e. The Balaban J connectivity index is 2.16. The molecule has 0 atom stereocenters. The van der Waals surface area contributed by atoms with Crippen LogP contribution in [0.25, 0.3) is 32.9 Å². The molecule has 1 heterocycles. The number of aromatic nitrogens is 1. The van der Waals surface area contributed by atoms with Gasteiger partial charge in [-0.15, -0.1) is 0 Å². The van der Waals surface area contributed by atoms with Crippen molar-refractivity contribution in [2.45, 2.75) is 13.8 Å². The molecule has 0 fully saturated rings. The summed E-state index contributed by atoms with van der Waals surface area (Å²) in [6.07, 6.45) is 0. The van der Waals surface area contributed by atoms with Gasteiger partial charge in [-0.05, 0) is 42.7 Å². The summed E-state index contributed by atoms with van der Waals surface area (Å²) in [6.45, 7) is 4.21. The number of hydrogen-bond donors (Lipinski definition) is 0. The van der Waals surface area contributed by atoms with Crippen molar-refractivity contribution in [3.8, 4) is 11.1 Å². The number of hydrogen-bond acceptors (Lipinski definition) is 2. The molecule has 1 aromatic heterocycles. The fraction of sp³-hybridized carbons (Fsp3) is 0.174. The first-order valence-corrected chi connectivity index (χ1v) is 8.86. The Bertz CT molecular complexity index is 1120. The standard InChI is InChI=1S/C23H21NO2/c1-4-26-23(25)21-15(2)22-19(14-18(21)16-10-6-5-7-11-16)17-12-8-9-13-20(17)24(22)3/h5-14H,4H2,1-3H3. The lowest BCUT2D eigenvalue weighted by Gasteiger charge is -2.14. The van der Waals surface area contributed by atoms with Crippen molar-refractivity contribution in [1.82, 2.24) is 4.57 Å². The quantitative estimate of drug-likeness (QED) is 0.461. The van der Waals surface area contributed by atoms with Crippen molar-refractivity contribution in [3.63, 3.8) is 0 Å². The van der Waals surface area contributed by atoms with Crippen molar-refractivity contribution < 1.29 is 9.53 Å². The van der Waals surface area contributed by atoms with Crippen LogP contribution >= 0.6 is 0 Å². The van der Waals surface area contributed by atoms with Gasteiger partial charge in [-0.3, -0.25) is 0 Å². The molecule has 0 radical (unpaired) electrons. The second-order valence-corrected chi connectivity index (χ2v) is 6.48. The lowest BCUT2D eigenvalue weighted by Crippen LogP contribution is -2.10. The van der Waals surface area contributed by atoms with Crippen LogP contribution in [0.2, 0.25) is 0 Å². The van der Waals surface area contributed by atoms with E-state index in [0.717, 1.165) is 33.1 Å². The molecule has 0 unspecified atom stereocenters. The van der Waals surface area contributed by atoms with Gasteiger partial charge in [0.25, 0.3) is 0 Å². The van der Waals surface area contributed by atoms with Crippen molar-refractivity contribution in [3.05, 3.63) is 71.8 Å². The predicted molar refractivity (Wildman–Crippen MR) is 107 cm³/mol. The molecule has 0 aliphatic rings. The molecule has 3 heteroatoms. The van der Waals surface area contributed by atoms with Crippen LogP contribution in [-0.4, -0.2) is 17.1 Å². The SMILES string of the molecule is CCOC(=O)c1c(-c2ccccc2)cc2c3ccccc3n(C)c2c1C. The summed E-state index contributed by atoms with van der Waals surface area (Å²) >= 11 is 0. The summed E-state index contributed by atoms with van der Waals surface area (Å²) in [6, 6.07) is 20.5. The molecule has 0 aliphatic heterocycles. The molecule has 0 spiro atoms. The van der Waals surface area contributed by atoms with Crippen LogP contribution in [0.15, 0.2) is 60.7 Å². The lowest BCUT2D eigenvalue weighted by molar-refractivity contribution is 0.0526. The number of fused-ring (bicyclic) bond motifs is 3. The molecule has 4 rings (SSSR count). The van der Waals surface area contributed by atoms with E-state index in [1.165, 1.54) is 5.39 Å². The smallest absolute Gasteiger partial charge is 0.339 e. The van der Waals surface area contributed by atoms with Crippen molar-refractivity contribution in [2.24, 2.45) is 7.05 Å². The van der Waals surface area contributed by atoms with Crippen molar-refractivity contribution in [1.29, 1.82) is 0 Å². The van der Waals surface area contributed by atoms with Gasteiger partial charge in [-0.1, -0.05) is 48.5 Å². The number of para-hydroxylation sites is 1. The van der Waals surface area contributed by atoms with Crippen molar-refractivity contribution >= 4 is 27.8 Å². The van der Waals surface area contributed by atoms with Gasteiger partial charge in [0.2, 0.25) is 0 Å². The van der Waals surface area contributed by atoms with Crippen LogP contribution in [0.1, 0.15) is 22.8 Å². The van der Waals surface area contributed by atoms with Gasteiger partial charge in [0, 0.05) is 23.3 Å². The molecule has 26 heavy (non-hydrogen) atoms. The van der Waals surface area contributed by atoms with E-state index in [1.54, 1.807) is 0 Å². The Morgan fingerprint density at radius 3 is 2.42 bits per heavy atom. The summed E-state index contributed by atoms with van der Waals surface area (Å²) in [4.78, 5) is 12.8. The maximum atomic E-state index is 12.8. The Kier molecular flexibility index (Phi) is 4.00. The van der Waals surface area contributed by atoms with Gasteiger partial charge in [-0.2, -0.15) is 0 Å². The molecular formula is C23H21NO2. The van der Waals surface area contributed by atoms with E-state index in [9.17, 15) is 4.79 Å². The van der Waals surface area contributed by atoms with Crippen LogP contribution in [0, 0.1) is 6.92 Å². The predicted octanol–water partition coefficient (Wildman–Crippen LogP) is 5.48. The highest BCUT2D eigenvalue weighted by Crippen LogP contribution is 2.37. The van der Waals surface area contributed by atoms with E-state index in [2.05, 4.69) is 35.9 Å². The molecule has 130 valence electrons. The van der Waals surface area contributed by atoms with Gasteiger partial charge < -0.3 is 9.30 Å². The van der Waals surface area contributed by atoms with Crippen LogP contribution < -0.4 is 0 Å². The van der Waals surface area contributed by atoms with Crippen LogP contribution in [-0.2, 0) is 11.8 Å². The fourth-order valence-corrected chi connectivity index (χ4v) is 3.87. The Labute approximate surface area is 152 Å². The zero-order valence-corrected chi connectivity index (χ0v) is 15.2. The van der Waals surface area contributed by atoms with Gasteiger partial charge in [0.15, 0.2) is 0 Å². The summed E-state index contributed by atoms with van der Waals surface area (Å²) in [5.74, 6) is -0.268. The number of nitrogens with zero attached hydrogens (tertiary/aromatic N) is 1. The molecule has 0 bridgehead atoms. The Morgan fingerprint density at radius 1 is 1.00 bits per heavy atom. The Hall–Kier alpha value is -3.07. The third kappa shape index (κ3) is 2.39. The number of carbonyl (C=O) groups excluding carboxylic acids is 1. The first kappa shape index (κ1) is 16.4. The molecule has 3 nitrogen and oxygen atoms in total. The summed E-state index contributed by atoms with van der Waals surface area (Å²) in [5.41, 5.74) is 5.79. The Morgan fingerprint density at radius 2 is 1.69 bits per heavy atom. The average molecular weight is 343 g/mol. The number of esters is 1.